The molecule has 0 saturated carbocycles. The van der Waals surface area contributed by atoms with Crippen LogP contribution in [0.1, 0.15) is 32.3 Å². The number of benzene rings is 1. The first-order valence-corrected chi connectivity index (χ1v) is 8.07. The van der Waals surface area contributed by atoms with Gasteiger partial charge in [-0.3, -0.25) is 0 Å². The number of hydrogen-bond donors (Lipinski definition) is 0. The van der Waals surface area contributed by atoms with Gasteiger partial charge in [0.2, 0.25) is 10.0 Å². The lowest BCUT2D eigenvalue weighted by Gasteiger charge is -2.29. The number of rotatable bonds is 3. The number of aryl methyl sites for hydroxylation is 1. The third-order valence-corrected chi connectivity index (χ3v) is 5.58. The van der Waals surface area contributed by atoms with Crippen LogP contribution in [-0.2, 0) is 16.4 Å². The van der Waals surface area contributed by atoms with Crippen molar-refractivity contribution in [1.29, 1.82) is 0 Å². The van der Waals surface area contributed by atoms with Crippen LogP contribution in [0.15, 0.2) is 29.2 Å². The van der Waals surface area contributed by atoms with Crippen molar-refractivity contribution < 1.29 is 8.42 Å². The highest BCUT2D eigenvalue weighted by molar-refractivity contribution is 7.89. The number of sulfonamides is 1. The summed E-state index contributed by atoms with van der Waals surface area (Å²) in [6.07, 6.45) is 2.79. The zero-order valence-electron chi connectivity index (χ0n) is 11.1. The normalized spacial score (nSPS) is 19.0. The first-order valence-electron chi connectivity index (χ1n) is 6.63. The van der Waals surface area contributed by atoms with Crippen LogP contribution in [0.4, 0.5) is 0 Å². The van der Waals surface area contributed by atoms with E-state index in [2.05, 4.69) is 6.92 Å². The molecule has 0 radical (unpaired) electrons. The van der Waals surface area contributed by atoms with Crippen LogP contribution in [0.25, 0.3) is 0 Å². The molecule has 0 aliphatic carbocycles. The molecular weight excluding hydrogens is 246 g/mol. The summed E-state index contributed by atoms with van der Waals surface area (Å²) in [4.78, 5) is 0.441. The fourth-order valence-electron chi connectivity index (χ4n) is 2.30. The Morgan fingerprint density at radius 3 is 2.56 bits per heavy atom. The maximum absolute atomic E-state index is 12.5. The summed E-state index contributed by atoms with van der Waals surface area (Å²) in [7, 11) is -3.28. The minimum absolute atomic E-state index is 0.441. The quantitative estimate of drug-likeness (QED) is 0.844. The van der Waals surface area contributed by atoms with E-state index in [1.165, 1.54) is 0 Å². The smallest absolute Gasteiger partial charge is 0.207 e. The highest BCUT2D eigenvalue weighted by Crippen LogP contribution is 2.23. The van der Waals surface area contributed by atoms with Gasteiger partial charge in [-0.25, -0.2) is 8.42 Å². The van der Waals surface area contributed by atoms with E-state index in [0.29, 0.717) is 23.9 Å². The Balaban J connectivity index is 2.24. The van der Waals surface area contributed by atoms with Gasteiger partial charge in [0.05, 0.1) is 4.90 Å². The van der Waals surface area contributed by atoms with Gasteiger partial charge in [0, 0.05) is 13.1 Å². The van der Waals surface area contributed by atoms with E-state index in [-0.39, 0.29) is 0 Å². The van der Waals surface area contributed by atoms with E-state index >= 15 is 0 Å². The van der Waals surface area contributed by atoms with Gasteiger partial charge in [0.25, 0.3) is 0 Å². The summed E-state index contributed by atoms with van der Waals surface area (Å²) in [6, 6.07) is 7.30. The maximum Gasteiger partial charge on any atom is 0.243 e. The predicted octanol–water partition coefficient (Wildman–Crippen LogP) is 2.67. The number of nitrogens with zero attached hydrogens (tertiary/aromatic N) is 1. The maximum atomic E-state index is 12.5. The van der Waals surface area contributed by atoms with E-state index in [1.54, 1.807) is 16.4 Å². The molecule has 0 unspecified atom stereocenters. The summed E-state index contributed by atoms with van der Waals surface area (Å²) in [6.45, 7) is 5.52. The van der Waals surface area contributed by atoms with E-state index in [9.17, 15) is 8.42 Å². The zero-order chi connectivity index (χ0) is 13.2. The second-order valence-electron chi connectivity index (χ2n) is 5.09. The Morgan fingerprint density at radius 1 is 1.28 bits per heavy atom. The molecule has 0 N–H and O–H groups in total. The minimum Gasteiger partial charge on any atom is -0.207 e. The average Bonchev–Trinajstić information content (AvgIpc) is 2.39. The monoisotopic (exact) mass is 267 g/mol. The molecule has 1 fully saturated rings. The van der Waals surface area contributed by atoms with Crippen LogP contribution in [0.3, 0.4) is 0 Å². The Hall–Kier alpha value is -0.870. The standard InChI is InChI=1S/C14H21NO2S/c1-3-13-5-4-6-14(11-13)18(16,17)15-9-7-12(2)8-10-15/h4-6,11-12H,3,7-10H2,1-2H3. The lowest BCUT2D eigenvalue weighted by atomic mass is 10.0. The molecule has 1 aromatic rings. The molecule has 0 bridgehead atoms. The number of piperidine rings is 1. The van der Waals surface area contributed by atoms with E-state index in [0.717, 1.165) is 24.8 Å². The predicted molar refractivity (Wildman–Crippen MR) is 73.0 cm³/mol. The molecule has 100 valence electrons. The summed E-state index contributed by atoms with van der Waals surface area (Å²) in [5.41, 5.74) is 1.07. The Kier molecular flexibility index (Phi) is 4.07. The Morgan fingerprint density at radius 2 is 1.94 bits per heavy atom. The van der Waals surface area contributed by atoms with E-state index < -0.39 is 10.0 Å². The van der Waals surface area contributed by atoms with Crippen LogP contribution in [-0.4, -0.2) is 25.8 Å². The molecule has 1 aromatic carbocycles. The van der Waals surface area contributed by atoms with Gasteiger partial charge < -0.3 is 0 Å². The summed E-state index contributed by atoms with van der Waals surface area (Å²) >= 11 is 0. The van der Waals surface area contributed by atoms with Crippen molar-refractivity contribution in [2.45, 2.75) is 38.0 Å². The van der Waals surface area contributed by atoms with Gasteiger partial charge >= 0.3 is 0 Å². The molecule has 2 rings (SSSR count). The third kappa shape index (κ3) is 2.75. The molecule has 0 spiro atoms. The van der Waals surface area contributed by atoms with Crippen molar-refractivity contribution in [1.82, 2.24) is 4.31 Å². The highest BCUT2D eigenvalue weighted by Gasteiger charge is 2.27. The second kappa shape index (κ2) is 5.41. The lowest BCUT2D eigenvalue weighted by Crippen LogP contribution is -2.37. The fraction of sp³-hybridized carbons (Fsp3) is 0.571. The average molecular weight is 267 g/mol. The van der Waals surface area contributed by atoms with Gasteiger partial charge in [0.15, 0.2) is 0 Å². The van der Waals surface area contributed by atoms with Crippen molar-refractivity contribution in [3.8, 4) is 0 Å². The summed E-state index contributed by atoms with van der Waals surface area (Å²) in [5.74, 6) is 0.637. The van der Waals surface area contributed by atoms with Crippen molar-refractivity contribution in [2.24, 2.45) is 5.92 Å². The molecule has 0 atom stereocenters. The van der Waals surface area contributed by atoms with Crippen LogP contribution >= 0.6 is 0 Å². The van der Waals surface area contributed by atoms with Crippen molar-refractivity contribution in [3.05, 3.63) is 29.8 Å². The topological polar surface area (TPSA) is 37.4 Å². The van der Waals surface area contributed by atoms with Gasteiger partial charge in [0.1, 0.15) is 0 Å². The fourth-order valence-corrected chi connectivity index (χ4v) is 3.84. The number of hydrogen-bond acceptors (Lipinski definition) is 2. The largest absolute Gasteiger partial charge is 0.243 e. The van der Waals surface area contributed by atoms with E-state index in [1.807, 2.05) is 19.1 Å². The molecule has 1 saturated heterocycles. The minimum atomic E-state index is -3.28. The van der Waals surface area contributed by atoms with Crippen LogP contribution in [0.2, 0.25) is 0 Å². The van der Waals surface area contributed by atoms with Crippen molar-refractivity contribution in [3.63, 3.8) is 0 Å². The van der Waals surface area contributed by atoms with Crippen molar-refractivity contribution >= 4 is 10.0 Å². The van der Waals surface area contributed by atoms with Crippen LogP contribution < -0.4 is 0 Å². The third-order valence-electron chi connectivity index (χ3n) is 3.69. The first kappa shape index (κ1) is 13.6. The Labute approximate surface area is 110 Å². The second-order valence-corrected chi connectivity index (χ2v) is 7.03. The molecule has 1 aliphatic heterocycles. The molecule has 1 aliphatic rings. The van der Waals surface area contributed by atoms with Gasteiger partial charge in [-0.2, -0.15) is 4.31 Å². The van der Waals surface area contributed by atoms with Crippen LogP contribution in [0, 0.1) is 5.92 Å². The first-order chi connectivity index (χ1) is 8.54. The molecule has 1 heterocycles. The van der Waals surface area contributed by atoms with Crippen LogP contribution in [0.5, 0.6) is 0 Å². The zero-order valence-corrected chi connectivity index (χ0v) is 11.9. The molecule has 0 aromatic heterocycles. The molecule has 3 nitrogen and oxygen atoms in total. The molecular formula is C14H21NO2S. The highest BCUT2D eigenvalue weighted by atomic mass is 32.2. The lowest BCUT2D eigenvalue weighted by molar-refractivity contribution is 0.288. The van der Waals surface area contributed by atoms with Crippen molar-refractivity contribution in [2.75, 3.05) is 13.1 Å². The molecule has 18 heavy (non-hydrogen) atoms. The molecule has 0 amide bonds. The molecule has 4 heteroatoms. The SMILES string of the molecule is CCc1cccc(S(=O)(=O)N2CCC(C)CC2)c1. The van der Waals surface area contributed by atoms with E-state index in [4.69, 9.17) is 0 Å². The van der Waals surface area contributed by atoms with Gasteiger partial charge in [-0.05, 0) is 42.9 Å². The van der Waals surface area contributed by atoms with Gasteiger partial charge in [-0.1, -0.05) is 26.0 Å². The summed E-state index contributed by atoms with van der Waals surface area (Å²) < 4.78 is 26.6. The summed E-state index contributed by atoms with van der Waals surface area (Å²) in [5, 5.41) is 0. The Bertz CT molecular complexity index is 502. The van der Waals surface area contributed by atoms with Gasteiger partial charge in [-0.15, -0.1) is 0 Å².